The second-order valence-corrected chi connectivity index (χ2v) is 5.93. The van der Waals surface area contributed by atoms with E-state index in [0.717, 1.165) is 25.9 Å². The molecule has 1 saturated heterocycles. The molecule has 3 nitrogen and oxygen atoms in total. The second kappa shape index (κ2) is 5.03. The summed E-state index contributed by atoms with van der Waals surface area (Å²) < 4.78 is 0. The third kappa shape index (κ3) is 2.96. The molecule has 0 aromatic rings. The fraction of sp³-hybridized carbons (Fsp3) is 1.00. The van der Waals surface area contributed by atoms with E-state index in [-0.39, 0.29) is 5.60 Å². The summed E-state index contributed by atoms with van der Waals surface area (Å²) in [5.74, 6) is 0. The summed E-state index contributed by atoms with van der Waals surface area (Å²) in [5, 5.41) is 10.4. The van der Waals surface area contributed by atoms with Crippen molar-refractivity contribution in [2.45, 2.75) is 50.2 Å². The molecule has 3 heteroatoms. The van der Waals surface area contributed by atoms with Gasteiger partial charge < -0.3 is 10.0 Å². The zero-order chi connectivity index (χ0) is 11.6. The smallest absolute Gasteiger partial charge is 0.0774 e. The van der Waals surface area contributed by atoms with Crippen LogP contribution in [0.25, 0.3) is 0 Å². The van der Waals surface area contributed by atoms with Gasteiger partial charge in [0.25, 0.3) is 0 Å². The van der Waals surface area contributed by atoms with Crippen LogP contribution in [0, 0.1) is 0 Å². The molecule has 2 fully saturated rings. The van der Waals surface area contributed by atoms with Crippen molar-refractivity contribution in [3.05, 3.63) is 0 Å². The maximum Gasteiger partial charge on any atom is 0.0774 e. The SMILES string of the molecule is CN(C)C1CCCN(CC2(O)CCCC2)C1. The van der Waals surface area contributed by atoms with E-state index in [4.69, 9.17) is 0 Å². The minimum Gasteiger partial charge on any atom is -0.389 e. The summed E-state index contributed by atoms with van der Waals surface area (Å²) in [6.45, 7) is 3.21. The highest BCUT2D eigenvalue weighted by Gasteiger charge is 2.34. The number of β-amino-alcohol motifs (C(OH)–C–C–N with tert-alkyl or cyclic N) is 1. The Morgan fingerprint density at radius 3 is 2.56 bits per heavy atom. The molecule has 0 bridgehead atoms. The van der Waals surface area contributed by atoms with Gasteiger partial charge in [-0.2, -0.15) is 0 Å². The molecule has 0 aromatic carbocycles. The fourth-order valence-electron chi connectivity index (χ4n) is 3.20. The predicted molar refractivity (Wildman–Crippen MR) is 66.6 cm³/mol. The first kappa shape index (κ1) is 12.3. The van der Waals surface area contributed by atoms with Crippen LogP contribution in [0.4, 0.5) is 0 Å². The first-order chi connectivity index (χ1) is 7.59. The van der Waals surface area contributed by atoms with Crippen molar-refractivity contribution in [1.29, 1.82) is 0 Å². The Kier molecular flexibility index (Phi) is 3.88. The average molecular weight is 226 g/mol. The Balaban J connectivity index is 1.85. The summed E-state index contributed by atoms with van der Waals surface area (Å²) in [6.07, 6.45) is 7.02. The lowest BCUT2D eigenvalue weighted by atomic mass is 9.98. The lowest BCUT2D eigenvalue weighted by Crippen LogP contribution is -2.50. The Hall–Kier alpha value is -0.120. The van der Waals surface area contributed by atoms with Crippen LogP contribution in [-0.4, -0.2) is 60.3 Å². The molecule has 1 N–H and O–H groups in total. The molecule has 2 rings (SSSR count). The van der Waals surface area contributed by atoms with E-state index in [0.29, 0.717) is 6.04 Å². The van der Waals surface area contributed by atoms with Gasteiger partial charge in [-0.3, -0.25) is 4.90 Å². The van der Waals surface area contributed by atoms with Gasteiger partial charge in [0.2, 0.25) is 0 Å². The van der Waals surface area contributed by atoms with Crippen LogP contribution < -0.4 is 0 Å². The van der Waals surface area contributed by atoms with Gasteiger partial charge in [0.1, 0.15) is 0 Å². The highest BCUT2D eigenvalue weighted by molar-refractivity contribution is 4.89. The Morgan fingerprint density at radius 1 is 1.25 bits per heavy atom. The molecule has 2 aliphatic rings. The third-order valence-electron chi connectivity index (χ3n) is 4.26. The van der Waals surface area contributed by atoms with Crippen molar-refractivity contribution < 1.29 is 5.11 Å². The first-order valence-electron chi connectivity index (χ1n) is 6.70. The Morgan fingerprint density at radius 2 is 1.94 bits per heavy atom. The Bertz CT molecular complexity index is 224. The van der Waals surface area contributed by atoms with Gasteiger partial charge in [0.05, 0.1) is 5.60 Å². The van der Waals surface area contributed by atoms with Crippen LogP contribution in [-0.2, 0) is 0 Å². The van der Waals surface area contributed by atoms with Crippen LogP contribution in [0.1, 0.15) is 38.5 Å². The summed E-state index contributed by atoms with van der Waals surface area (Å²) in [4.78, 5) is 4.80. The Labute approximate surface area is 99.4 Å². The largest absolute Gasteiger partial charge is 0.389 e. The summed E-state index contributed by atoms with van der Waals surface area (Å²) in [7, 11) is 4.33. The highest BCUT2D eigenvalue weighted by Crippen LogP contribution is 2.31. The number of hydrogen-bond acceptors (Lipinski definition) is 3. The fourth-order valence-corrected chi connectivity index (χ4v) is 3.20. The first-order valence-corrected chi connectivity index (χ1v) is 6.70. The van der Waals surface area contributed by atoms with Crippen molar-refractivity contribution in [3.8, 4) is 0 Å². The van der Waals surface area contributed by atoms with Crippen LogP contribution in [0.3, 0.4) is 0 Å². The minimum absolute atomic E-state index is 0.367. The monoisotopic (exact) mass is 226 g/mol. The van der Waals surface area contributed by atoms with E-state index in [1.54, 1.807) is 0 Å². The zero-order valence-electron chi connectivity index (χ0n) is 10.8. The maximum atomic E-state index is 10.4. The molecule has 0 amide bonds. The van der Waals surface area contributed by atoms with Gasteiger partial charge in [0, 0.05) is 19.1 Å². The van der Waals surface area contributed by atoms with Gasteiger partial charge in [0.15, 0.2) is 0 Å². The van der Waals surface area contributed by atoms with Crippen LogP contribution in [0.5, 0.6) is 0 Å². The standard InChI is InChI=1S/C13H26N2O/c1-14(2)12-6-5-9-15(10-12)11-13(16)7-3-4-8-13/h12,16H,3-11H2,1-2H3. The van der Waals surface area contributed by atoms with Crippen molar-refractivity contribution >= 4 is 0 Å². The van der Waals surface area contributed by atoms with E-state index in [2.05, 4.69) is 23.9 Å². The predicted octanol–water partition coefficient (Wildman–Crippen LogP) is 1.32. The third-order valence-corrected chi connectivity index (χ3v) is 4.26. The molecule has 94 valence electrons. The van der Waals surface area contributed by atoms with Crippen molar-refractivity contribution in [1.82, 2.24) is 9.80 Å². The zero-order valence-corrected chi connectivity index (χ0v) is 10.8. The molecular formula is C13H26N2O. The molecule has 1 aliphatic carbocycles. The average Bonchev–Trinajstić information content (AvgIpc) is 2.65. The van der Waals surface area contributed by atoms with Gasteiger partial charge in [-0.15, -0.1) is 0 Å². The van der Waals surface area contributed by atoms with Crippen molar-refractivity contribution in [3.63, 3.8) is 0 Å². The summed E-state index contributed by atoms with van der Waals surface area (Å²) >= 11 is 0. The van der Waals surface area contributed by atoms with Crippen LogP contribution in [0.15, 0.2) is 0 Å². The lowest BCUT2D eigenvalue weighted by molar-refractivity contribution is -0.00513. The summed E-state index contributed by atoms with van der Waals surface area (Å²) in [6, 6.07) is 0.679. The van der Waals surface area contributed by atoms with E-state index in [1.807, 2.05) is 0 Å². The number of aliphatic hydroxyl groups is 1. The number of likely N-dealkylation sites (tertiary alicyclic amines) is 1. The van der Waals surface area contributed by atoms with Crippen LogP contribution >= 0.6 is 0 Å². The highest BCUT2D eigenvalue weighted by atomic mass is 16.3. The van der Waals surface area contributed by atoms with E-state index in [9.17, 15) is 5.11 Å². The number of nitrogens with zero attached hydrogens (tertiary/aromatic N) is 2. The second-order valence-electron chi connectivity index (χ2n) is 5.93. The van der Waals surface area contributed by atoms with Gasteiger partial charge in [-0.25, -0.2) is 0 Å². The molecule has 1 atom stereocenters. The molecule has 1 aliphatic heterocycles. The maximum absolute atomic E-state index is 10.4. The van der Waals surface area contributed by atoms with E-state index in [1.165, 1.54) is 32.2 Å². The normalized spacial score (nSPS) is 31.1. The number of likely N-dealkylation sites (N-methyl/N-ethyl adjacent to an activating group) is 1. The molecule has 16 heavy (non-hydrogen) atoms. The molecule has 1 heterocycles. The number of hydrogen-bond donors (Lipinski definition) is 1. The molecular weight excluding hydrogens is 200 g/mol. The number of rotatable bonds is 3. The molecule has 1 unspecified atom stereocenters. The van der Waals surface area contributed by atoms with Crippen LogP contribution in [0.2, 0.25) is 0 Å². The van der Waals surface area contributed by atoms with Gasteiger partial charge in [-0.1, -0.05) is 12.8 Å². The van der Waals surface area contributed by atoms with E-state index >= 15 is 0 Å². The molecule has 0 radical (unpaired) electrons. The quantitative estimate of drug-likeness (QED) is 0.786. The van der Waals surface area contributed by atoms with E-state index < -0.39 is 0 Å². The van der Waals surface area contributed by atoms with Gasteiger partial charge in [-0.05, 0) is 46.3 Å². The number of piperidine rings is 1. The topological polar surface area (TPSA) is 26.7 Å². The van der Waals surface area contributed by atoms with Gasteiger partial charge >= 0.3 is 0 Å². The van der Waals surface area contributed by atoms with Crippen molar-refractivity contribution in [2.75, 3.05) is 33.7 Å². The lowest BCUT2D eigenvalue weighted by Gasteiger charge is -2.39. The van der Waals surface area contributed by atoms with Crippen molar-refractivity contribution in [2.24, 2.45) is 0 Å². The molecule has 0 aromatic heterocycles. The molecule has 1 saturated carbocycles. The summed E-state index contributed by atoms with van der Waals surface area (Å²) in [5.41, 5.74) is -0.367. The minimum atomic E-state index is -0.367. The molecule has 0 spiro atoms.